The third-order valence-electron chi connectivity index (χ3n) is 8.20. The first-order chi connectivity index (χ1) is 17.5. The van der Waals surface area contributed by atoms with E-state index >= 15 is 0 Å². The second kappa shape index (κ2) is 11.2. The number of ether oxygens (including phenoxy) is 1. The molecule has 0 radical (unpaired) electrons. The predicted octanol–water partition coefficient (Wildman–Crippen LogP) is 5.16. The van der Waals surface area contributed by atoms with Crippen molar-refractivity contribution in [2.24, 2.45) is 0 Å². The van der Waals surface area contributed by atoms with Gasteiger partial charge in [-0.25, -0.2) is 4.68 Å². The van der Waals surface area contributed by atoms with E-state index in [-0.39, 0.29) is 17.7 Å². The molecule has 0 unspecified atom stereocenters. The fourth-order valence-corrected chi connectivity index (χ4v) is 6.01. The quantitative estimate of drug-likeness (QED) is 0.444. The van der Waals surface area contributed by atoms with Crippen LogP contribution in [0.5, 0.6) is 0 Å². The maximum atomic E-state index is 13.3. The van der Waals surface area contributed by atoms with Gasteiger partial charge >= 0.3 is 0 Å². The molecule has 0 bridgehead atoms. The summed E-state index contributed by atoms with van der Waals surface area (Å²) in [5, 5.41) is 14.3. The van der Waals surface area contributed by atoms with Crippen LogP contribution in [0.1, 0.15) is 99.3 Å². The number of nitrogens with one attached hydrogen (secondary N) is 1. The van der Waals surface area contributed by atoms with Crippen LogP contribution in [0.3, 0.4) is 0 Å². The highest BCUT2D eigenvalue weighted by Gasteiger charge is 2.32. The Kier molecular flexibility index (Phi) is 7.82. The molecule has 0 spiro atoms. The number of H-pyrrole nitrogens is 1. The van der Waals surface area contributed by atoms with Gasteiger partial charge in [-0.15, -0.1) is 5.10 Å². The molecule has 1 aliphatic heterocycles. The van der Waals surface area contributed by atoms with E-state index in [0.717, 1.165) is 79.5 Å². The number of hydrogen-bond donors (Lipinski definition) is 1. The molecule has 1 aliphatic carbocycles. The zero-order valence-corrected chi connectivity index (χ0v) is 22.0. The molecule has 2 atom stereocenters. The molecule has 8 nitrogen and oxygen atoms in total. The number of tetrazole rings is 1. The summed E-state index contributed by atoms with van der Waals surface area (Å²) < 4.78 is 8.15. The zero-order valence-electron chi connectivity index (χ0n) is 22.0. The predicted molar refractivity (Wildman–Crippen MR) is 141 cm³/mol. The van der Waals surface area contributed by atoms with E-state index in [1.54, 1.807) is 0 Å². The van der Waals surface area contributed by atoms with Crippen LogP contribution >= 0.6 is 0 Å². The Morgan fingerprint density at radius 2 is 2.00 bits per heavy atom. The fraction of sp³-hybridized carbons (Fsp3) is 0.643. The number of pyridine rings is 1. The molecule has 2 aliphatic rings. The van der Waals surface area contributed by atoms with Gasteiger partial charge in [0.15, 0.2) is 5.82 Å². The van der Waals surface area contributed by atoms with Crippen LogP contribution in [-0.4, -0.2) is 49.3 Å². The molecule has 1 N–H and O–H groups in total. The van der Waals surface area contributed by atoms with E-state index in [2.05, 4.69) is 69.1 Å². The maximum Gasteiger partial charge on any atom is 0.252 e. The summed E-state index contributed by atoms with van der Waals surface area (Å²) in [5.74, 6) is 0.936. The van der Waals surface area contributed by atoms with Gasteiger partial charge < -0.3 is 9.72 Å². The number of aromatic amines is 1. The van der Waals surface area contributed by atoms with Crippen molar-refractivity contribution in [1.29, 1.82) is 0 Å². The van der Waals surface area contributed by atoms with Crippen LogP contribution in [0.25, 0.3) is 10.9 Å². The van der Waals surface area contributed by atoms with E-state index in [1.165, 1.54) is 24.8 Å². The normalized spacial score (nSPS) is 19.9. The molecule has 0 amide bonds. The number of rotatable bonds is 9. The first-order valence-corrected chi connectivity index (χ1v) is 13.8. The van der Waals surface area contributed by atoms with Gasteiger partial charge in [-0.1, -0.05) is 44.7 Å². The third kappa shape index (κ3) is 5.25. The Morgan fingerprint density at radius 1 is 1.17 bits per heavy atom. The Balaban J connectivity index is 1.51. The second-order valence-electron chi connectivity index (χ2n) is 10.7. The highest BCUT2D eigenvalue weighted by molar-refractivity contribution is 5.83. The number of aromatic nitrogens is 5. The summed E-state index contributed by atoms with van der Waals surface area (Å²) in [7, 11) is 0. The zero-order chi connectivity index (χ0) is 25.1. The van der Waals surface area contributed by atoms with E-state index < -0.39 is 0 Å². The van der Waals surface area contributed by atoms with E-state index in [1.807, 2.05) is 0 Å². The molecular weight excluding hydrogens is 452 g/mol. The molecule has 8 heteroatoms. The standard InChI is InChI=1S/C28H40N6O2/c1-4-9-25(27-30-31-32-34(27)23-10-6-5-7-11-23)33(18-24-12-8-15-36-24)17-22-16-21-14-13-19(2)20(3)26(21)29-28(22)35/h13-14,16,23-25H,4-12,15,17-18H2,1-3H3,(H,29,35)/t24-,25+/m0/s1. The first-order valence-electron chi connectivity index (χ1n) is 13.8. The third-order valence-corrected chi connectivity index (χ3v) is 8.20. The van der Waals surface area contributed by atoms with E-state index in [4.69, 9.17) is 4.74 Å². The van der Waals surface area contributed by atoms with Crippen molar-refractivity contribution in [3.63, 3.8) is 0 Å². The molecule has 3 aromatic rings. The molecule has 1 saturated heterocycles. The monoisotopic (exact) mass is 492 g/mol. The summed E-state index contributed by atoms with van der Waals surface area (Å²) in [6, 6.07) is 6.70. The van der Waals surface area contributed by atoms with E-state index in [9.17, 15) is 4.79 Å². The number of fused-ring (bicyclic) bond motifs is 1. The number of aryl methyl sites for hydroxylation is 2. The van der Waals surface area contributed by atoms with Crippen LogP contribution in [0.4, 0.5) is 0 Å². The maximum absolute atomic E-state index is 13.3. The lowest BCUT2D eigenvalue weighted by Gasteiger charge is -2.33. The van der Waals surface area contributed by atoms with Crippen molar-refractivity contribution < 1.29 is 4.74 Å². The molecule has 1 saturated carbocycles. The summed E-state index contributed by atoms with van der Waals surface area (Å²) >= 11 is 0. The van der Waals surface area contributed by atoms with Gasteiger partial charge in [0.25, 0.3) is 5.56 Å². The minimum atomic E-state index is -0.0179. The lowest BCUT2D eigenvalue weighted by atomic mass is 9.95. The van der Waals surface area contributed by atoms with Gasteiger partial charge in [-0.05, 0) is 79.0 Å². The lowest BCUT2D eigenvalue weighted by molar-refractivity contribution is 0.0468. The Morgan fingerprint density at radius 3 is 2.75 bits per heavy atom. The highest BCUT2D eigenvalue weighted by atomic mass is 16.5. The van der Waals surface area contributed by atoms with Crippen molar-refractivity contribution in [3.8, 4) is 0 Å². The van der Waals surface area contributed by atoms with Crippen LogP contribution in [-0.2, 0) is 11.3 Å². The topological polar surface area (TPSA) is 88.9 Å². The molecule has 36 heavy (non-hydrogen) atoms. The smallest absolute Gasteiger partial charge is 0.252 e. The highest BCUT2D eigenvalue weighted by Crippen LogP contribution is 2.33. The van der Waals surface area contributed by atoms with Crippen molar-refractivity contribution >= 4 is 10.9 Å². The largest absolute Gasteiger partial charge is 0.377 e. The number of nitrogens with zero attached hydrogens (tertiary/aromatic N) is 5. The van der Waals surface area contributed by atoms with Crippen LogP contribution < -0.4 is 5.56 Å². The molecule has 2 fully saturated rings. The Hall–Kier alpha value is -2.58. The van der Waals surface area contributed by atoms with Crippen molar-refractivity contribution in [1.82, 2.24) is 30.1 Å². The minimum Gasteiger partial charge on any atom is -0.377 e. The van der Waals surface area contributed by atoms with Crippen molar-refractivity contribution in [2.45, 2.75) is 103 Å². The Labute approximate surface area is 213 Å². The van der Waals surface area contributed by atoms with Gasteiger partial charge in [0.1, 0.15) is 0 Å². The molecular formula is C28H40N6O2. The average Bonchev–Trinajstić information content (AvgIpc) is 3.58. The van der Waals surface area contributed by atoms with Crippen LogP contribution in [0, 0.1) is 13.8 Å². The molecule has 1 aromatic carbocycles. The number of benzene rings is 1. The second-order valence-corrected chi connectivity index (χ2v) is 10.7. The van der Waals surface area contributed by atoms with Gasteiger partial charge in [0, 0.05) is 25.3 Å². The fourth-order valence-electron chi connectivity index (χ4n) is 6.01. The van der Waals surface area contributed by atoms with Crippen molar-refractivity contribution in [3.05, 3.63) is 51.1 Å². The van der Waals surface area contributed by atoms with Gasteiger partial charge in [0.2, 0.25) is 0 Å². The number of hydrogen-bond acceptors (Lipinski definition) is 6. The van der Waals surface area contributed by atoms with Gasteiger partial charge in [-0.2, -0.15) is 0 Å². The summed E-state index contributed by atoms with van der Waals surface area (Å²) in [6.45, 7) is 8.48. The molecule has 3 heterocycles. The lowest BCUT2D eigenvalue weighted by Crippen LogP contribution is -2.38. The minimum absolute atomic E-state index is 0.0179. The first kappa shape index (κ1) is 25.1. The summed E-state index contributed by atoms with van der Waals surface area (Å²) in [5.41, 5.74) is 4.00. The Bertz CT molecular complexity index is 1220. The van der Waals surface area contributed by atoms with Crippen molar-refractivity contribution in [2.75, 3.05) is 13.2 Å². The molecule has 5 rings (SSSR count). The van der Waals surface area contributed by atoms with Gasteiger partial charge in [-0.3, -0.25) is 9.69 Å². The average molecular weight is 493 g/mol. The van der Waals surface area contributed by atoms with Crippen LogP contribution in [0.2, 0.25) is 0 Å². The SMILES string of the molecule is CCC[C@H](c1nnnn1C1CCCCC1)N(Cc1cc2ccc(C)c(C)c2[nH]c1=O)C[C@@H]1CCCO1. The molecule has 194 valence electrons. The van der Waals surface area contributed by atoms with Gasteiger partial charge in [0.05, 0.1) is 23.7 Å². The summed E-state index contributed by atoms with van der Waals surface area (Å²) in [6.07, 6.45) is 10.3. The van der Waals surface area contributed by atoms with Crippen LogP contribution in [0.15, 0.2) is 23.0 Å². The summed E-state index contributed by atoms with van der Waals surface area (Å²) in [4.78, 5) is 18.9. The molecule has 2 aromatic heterocycles. The van der Waals surface area contributed by atoms with E-state index in [0.29, 0.717) is 12.6 Å².